The van der Waals surface area contributed by atoms with Crippen molar-refractivity contribution in [3.8, 4) is 0 Å². The lowest BCUT2D eigenvalue weighted by molar-refractivity contribution is -0.144. The molecule has 45 heavy (non-hydrogen) atoms. The molecule has 0 radical (unpaired) electrons. The van der Waals surface area contributed by atoms with E-state index in [2.05, 4.69) is 62.0 Å². The molecule has 0 saturated carbocycles. The summed E-state index contributed by atoms with van der Waals surface area (Å²) >= 11 is 0. The molecule has 0 heterocycles. The Morgan fingerprint density at radius 1 is 0.556 bits per heavy atom. The van der Waals surface area contributed by atoms with Gasteiger partial charge in [-0.05, 0) is 55.8 Å². The van der Waals surface area contributed by atoms with E-state index in [9.17, 15) is 14.4 Å². The summed E-state index contributed by atoms with van der Waals surface area (Å²) in [5.41, 5.74) is 0. The number of rotatable bonds is 30. The van der Waals surface area contributed by atoms with Gasteiger partial charge in [-0.3, -0.25) is 14.4 Å². The molecule has 0 N–H and O–H groups in total. The Hall–Kier alpha value is -1.65. The number of nitrogens with zero attached hydrogens (tertiary/aromatic N) is 2. The van der Waals surface area contributed by atoms with Gasteiger partial charge in [0.25, 0.3) is 0 Å². The minimum Gasteiger partial charge on any atom is -0.342 e. The van der Waals surface area contributed by atoms with Gasteiger partial charge in [0.1, 0.15) is 5.92 Å². The molecule has 0 aliphatic heterocycles. The van der Waals surface area contributed by atoms with E-state index in [1.807, 2.05) is 9.80 Å². The van der Waals surface area contributed by atoms with Crippen molar-refractivity contribution in [3.05, 3.63) is 12.7 Å². The maximum Gasteiger partial charge on any atom is 0.233 e. The first-order chi connectivity index (χ1) is 21.7. The van der Waals surface area contributed by atoms with E-state index >= 15 is 0 Å². The molecular weight excluding hydrogens is 556 g/mol. The second-order valence-electron chi connectivity index (χ2n) is 13.9. The predicted octanol–water partition coefficient (Wildman–Crippen LogP) is 10.7. The largest absolute Gasteiger partial charge is 0.342 e. The maximum atomic E-state index is 14.3. The Bertz CT molecular complexity index is 746. The molecule has 0 fully saturated rings. The molecule has 0 aromatic rings. The van der Waals surface area contributed by atoms with E-state index in [0.29, 0.717) is 56.3 Å². The number of unbranched alkanes of at least 4 members (excludes halogenated alkanes) is 4. The van der Waals surface area contributed by atoms with Crippen molar-refractivity contribution in [2.75, 3.05) is 26.2 Å². The molecule has 0 aliphatic rings. The van der Waals surface area contributed by atoms with Crippen LogP contribution in [0, 0.1) is 29.6 Å². The molecule has 5 nitrogen and oxygen atoms in total. The van der Waals surface area contributed by atoms with Gasteiger partial charge in [0, 0.05) is 26.2 Å². The fraction of sp³-hybridized carbons (Fsp3) is 0.875. The molecule has 0 aliphatic carbocycles. The summed E-state index contributed by atoms with van der Waals surface area (Å²) < 4.78 is 0. The summed E-state index contributed by atoms with van der Waals surface area (Å²) in [5.74, 6) is 0.495. The van der Waals surface area contributed by atoms with E-state index < -0.39 is 5.92 Å². The first-order valence-electron chi connectivity index (χ1n) is 19.4. The molecule has 264 valence electrons. The Labute approximate surface area is 280 Å². The first kappa shape index (κ1) is 43.4. The lowest BCUT2D eigenvalue weighted by Crippen LogP contribution is -2.45. The van der Waals surface area contributed by atoms with Crippen LogP contribution in [0.5, 0.6) is 0 Å². The van der Waals surface area contributed by atoms with Gasteiger partial charge in [-0.25, -0.2) is 0 Å². The Kier molecular flexibility index (Phi) is 26.5. The molecule has 0 saturated heterocycles. The summed E-state index contributed by atoms with van der Waals surface area (Å²) in [5, 5.41) is 0. The van der Waals surface area contributed by atoms with Gasteiger partial charge >= 0.3 is 0 Å². The molecular formula is C40H76N2O3. The van der Waals surface area contributed by atoms with E-state index in [-0.39, 0.29) is 24.0 Å². The second-order valence-corrected chi connectivity index (χ2v) is 13.9. The first-order valence-corrected chi connectivity index (χ1v) is 19.4. The van der Waals surface area contributed by atoms with Crippen LogP contribution in [0.4, 0.5) is 0 Å². The van der Waals surface area contributed by atoms with Crippen molar-refractivity contribution in [2.45, 2.75) is 171 Å². The Morgan fingerprint density at radius 3 is 1.18 bits per heavy atom. The SMILES string of the molecule is C=CCC(C(=O)CC(=O)N(CC(CC)CCCC)CC(CC)CCCC)C(=O)N(CC(CC)CCCC)CC(CC)CCCC. The zero-order chi connectivity index (χ0) is 34.0. The van der Waals surface area contributed by atoms with Crippen LogP contribution < -0.4 is 0 Å². The quantitative estimate of drug-likeness (QED) is 0.0585. The van der Waals surface area contributed by atoms with Crippen molar-refractivity contribution in [1.82, 2.24) is 9.80 Å². The van der Waals surface area contributed by atoms with Crippen molar-refractivity contribution in [3.63, 3.8) is 0 Å². The number of ketones is 1. The van der Waals surface area contributed by atoms with Crippen LogP contribution >= 0.6 is 0 Å². The molecule has 0 spiro atoms. The van der Waals surface area contributed by atoms with Crippen molar-refractivity contribution >= 4 is 17.6 Å². The van der Waals surface area contributed by atoms with Crippen molar-refractivity contribution in [1.29, 1.82) is 0 Å². The molecule has 5 heteroatoms. The molecule has 0 aromatic carbocycles. The zero-order valence-electron chi connectivity index (χ0n) is 31.3. The number of amides is 2. The molecule has 5 atom stereocenters. The van der Waals surface area contributed by atoms with Gasteiger partial charge in [0.2, 0.25) is 11.8 Å². The maximum absolute atomic E-state index is 14.3. The van der Waals surface area contributed by atoms with Crippen LogP contribution in [-0.4, -0.2) is 53.6 Å². The average Bonchev–Trinajstić information content (AvgIpc) is 3.05. The van der Waals surface area contributed by atoms with E-state index in [0.717, 1.165) is 103 Å². The average molecular weight is 633 g/mol. The van der Waals surface area contributed by atoms with Gasteiger partial charge in [-0.15, -0.1) is 6.58 Å². The standard InChI is InChI=1S/C40H76N2O3/c1-10-19-24-33(15-6)29-41(30-34(16-7)25-20-11-2)39(44)28-38(43)37(23-14-5)40(45)42(31-35(17-8)26-21-12-3)32-36(18-9)27-22-13-4/h14,33-37H,5,10-13,15-32H2,1-4,6-9H3. The molecule has 2 amide bonds. The van der Waals surface area contributed by atoms with Gasteiger partial charge in [-0.1, -0.05) is 139 Å². The van der Waals surface area contributed by atoms with E-state index in [1.165, 1.54) is 0 Å². The Morgan fingerprint density at radius 2 is 0.889 bits per heavy atom. The van der Waals surface area contributed by atoms with Gasteiger partial charge < -0.3 is 9.80 Å². The van der Waals surface area contributed by atoms with Crippen LogP contribution in [-0.2, 0) is 14.4 Å². The number of carbonyl (C=O) groups excluding carboxylic acids is 3. The monoisotopic (exact) mass is 633 g/mol. The summed E-state index contributed by atoms with van der Waals surface area (Å²) in [7, 11) is 0. The molecule has 0 aromatic heterocycles. The highest BCUT2D eigenvalue weighted by atomic mass is 16.2. The van der Waals surface area contributed by atoms with Crippen LogP contribution in [0.15, 0.2) is 12.7 Å². The highest BCUT2D eigenvalue weighted by molar-refractivity contribution is 6.08. The predicted molar refractivity (Wildman–Crippen MR) is 194 cm³/mol. The number of Topliss-reactive ketones (excluding diaryl/α,β-unsaturated/α-hetero) is 1. The second kappa shape index (κ2) is 27.5. The normalized spacial score (nSPS) is 14.8. The summed E-state index contributed by atoms with van der Waals surface area (Å²) in [6.45, 7) is 24.4. The third-order valence-electron chi connectivity index (χ3n) is 10.2. The minimum atomic E-state index is -0.829. The van der Waals surface area contributed by atoms with E-state index in [4.69, 9.17) is 0 Å². The number of allylic oxidation sites excluding steroid dienone is 1. The van der Waals surface area contributed by atoms with Gasteiger partial charge in [-0.2, -0.15) is 0 Å². The topological polar surface area (TPSA) is 57.7 Å². The third kappa shape index (κ3) is 18.3. The molecule has 0 rings (SSSR count). The summed E-state index contributed by atoms with van der Waals surface area (Å²) in [6.07, 6.45) is 19.5. The highest BCUT2D eigenvalue weighted by Gasteiger charge is 2.34. The van der Waals surface area contributed by atoms with Gasteiger partial charge in [0.15, 0.2) is 5.78 Å². The lowest BCUT2D eigenvalue weighted by Gasteiger charge is -2.33. The smallest absolute Gasteiger partial charge is 0.233 e. The number of hydrogen-bond donors (Lipinski definition) is 0. The Balaban J connectivity index is 6.15. The number of carbonyl (C=O) groups is 3. The van der Waals surface area contributed by atoms with Crippen LogP contribution in [0.25, 0.3) is 0 Å². The van der Waals surface area contributed by atoms with Crippen LogP contribution in [0.3, 0.4) is 0 Å². The summed E-state index contributed by atoms with van der Waals surface area (Å²) in [4.78, 5) is 46.2. The van der Waals surface area contributed by atoms with Crippen molar-refractivity contribution in [2.24, 2.45) is 29.6 Å². The summed E-state index contributed by atoms with van der Waals surface area (Å²) in [6, 6.07) is 0. The molecule has 5 unspecified atom stereocenters. The molecule has 0 bridgehead atoms. The van der Waals surface area contributed by atoms with Crippen LogP contribution in [0.1, 0.15) is 171 Å². The fourth-order valence-corrected chi connectivity index (χ4v) is 6.59. The van der Waals surface area contributed by atoms with E-state index in [1.54, 1.807) is 6.08 Å². The lowest BCUT2D eigenvalue weighted by atomic mass is 9.91. The highest BCUT2D eigenvalue weighted by Crippen LogP contribution is 2.24. The van der Waals surface area contributed by atoms with Crippen LogP contribution in [0.2, 0.25) is 0 Å². The fourth-order valence-electron chi connectivity index (χ4n) is 6.59. The minimum absolute atomic E-state index is 0.0899. The van der Waals surface area contributed by atoms with Gasteiger partial charge in [0.05, 0.1) is 6.42 Å². The number of hydrogen-bond acceptors (Lipinski definition) is 3. The zero-order valence-corrected chi connectivity index (χ0v) is 31.3. The third-order valence-corrected chi connectivity index (χ3v) is 10.2. The van der Waals surface area contributed by atoms with Crippen molar-refractivity contribution < 1.29 is 14.4 Å².